The highest BCUT2D eigenvalue weighted by molar-refractivity contribution is 5.89. The van der Waals surface area contributed by atoms with Crippen molar-refractivity contribution in [3.05, 3.63) is 12.7 Å². The van der Waals surface area contributed by atoms with Crippen LogP contribution in [0.4, 0.5) is 0 Å². The van der Waals surface area contributed by atoms with Crippen LogP contribution < -0.4 is 5.32 Å². The number of hydrogen-bond acceptors (Lipinski definition) is 4. The fourth-order valence-corrected chi connectivity index (χ4v) is 2.72. The zero-order valence-electron chi connectivity index (χ0n) is 13.0. The van der Waals surface area contributed by atoms with Crippen molar-refractivity contribution < 1.29 is 14.3 Å². The molecule has 22 heavy (non-hydrogen) atoms. The Morgan fingerprint density at radius 3 is 2.77 bits per heavy atom. The van der Waals surface area contributed by atoms with Gasteiger partial charge < -0.3 is 19.9 Å². The maximum atomic E-state index is 12.4. The van der Waals surface area contributed by atoms with Crippen molar-refractivity contribution in [2.75, 3.05) is 45.9 Å². The molecular formula is C15H26ClN3O3. The molecule has 0 aliphatic carbocycles. The molecule has 7 heteroatoms. The van der Waals surface area contributed by atoms with Crippen LogP contribution in [0.5, 0.6) is 0 Å². The molecule has 2 heterocycles. The molecule has 0 aromatic carbocycles. The van der Waals surface area contributed by atoms with Gasteiger partial charge in [-0.05, 0) is 12.8 Å². The maximum Gasteiger partial charge on any atom is 0.240 e. The standard InChI is InChI=1S/C15H25N3O3.ClH/c1-2-3-4-6-18-7-5-16-13(15(18)20)12-14(19)17-8-10-21-11-9-17;/h2,13,16H,1,3-12H2;1H. The molecule has 0 aromatic rings. The first-order chi connectivity index (χ1) is 10.2. The Kier molecular flexibility index (Phi) is 8.45. The molecule has 0 spiro atoms. The number of piperazine rings is 1. The van der Waals surface area contributed by atoms with Crippen molar-refractivity contribution in [3.8, 4) is 0 Å². The van der Waals surface area contributed by atoms with E-state index < -0.39 is 0 Å². The summed E-state index contributed by atoms with van der Waals surface area (Å²) in [6, 6.07) is -0.377. The molecule has 0 radical (unpaired) electrons. The summed E-state index contributed by atoms with van der Waals surface area (Å²) in [5.41, 5.74) is 0. The smallest absolute Gasteiger partial charge is 0.240 e. The molecule has 1 atom stereocenters. The highest BCUT2D eigenvalue weighted by Gasteiger charge is 2.31. The fraction of sp³-hybridized carbons (Fsp3) is 0.733. The summed E-state index contributed by atoms with van der Waals surface area (Å²) in [6.45, 7) is 8.34. The predicted octanol–water partition coefficient (Wildman–Crippen LogP) is 0.424. The Bertz CT molecular complexity index is 386. The van der Waals surface area contributed by atoms with Crippen LogP contribution in [0.3, 0.4) is 0 Å². The van der Waals surface area contributed by atoms with E-state index in [1.165, 1.54) is 0 Å². The average molecular weight is 332 g/mol. The number of hydrogen-bond donors (Lipinski definition) is 1. The quantitative estimate of drug-likeness (QED) is 0.566. The first-order valence-corrected chi connectivity index (χ1v) is 7.71. The highest BCUT2D eigenvalue weighted by atomic mass is 35.5. The Labute approximate surface area is 138 Å². The minimum absolute atomic E-state index is 0. The lowest BCUT2D eigenvalue weighted by Gasteiger charge is -2.34. The summed E-state index contributed by atoms with van der Waals surface area (Å²) in [5.74, 6) is 0.0870. The lowest BCUT2D eigenvalue weighted by atomic mass is 10.1. The number of amides is 2. The van der Waals surface area contributed by atoms with Crippen LogP contribution in [0, 0.1) is 0 Å². The first kappa shape index (κ1) is 18.9. The Morgan fingerprint density at radius 2 is 2.09 bits per heavy atom. The molecule has 2 fully saturated rings. The van der Waals surface area contributed by atoms with Crippen molar-refractivity contribution in [2.24, 2.45) is 0 Å². The van der Waals surface area contributed by atoms with Crippen molar-refractivity contribution in [1.29, 1.82) is 0 Å². The van der Waals surface area contributed by atoms with Gasteiger partial charge in [-0.2, -0.15) is 0 Å². The van der Waals surface area contributed by atoms with Gasteiger partial charge in [-0.1, -0.05) is 6.08 Å². The molecular weight excluding hydrogens is 306 g/mol. The van der Waals surface area contributed by atoms with Crippen LogP contribution in [0.25, 0.3) is 0 Å². The van der Waals surface area contributed by atoms with Crippen LogP contribution in [-0.4, -0.2) is 73.6 Å². The summed E-state index contributed by atoms with van der Waals surface area (Å²) in [7, 11) is 0. The van der Waals surface area contributed by atoms with Crippen LogP contribution in [0.2, 0.25) is 0 Å². The maximum absolute atomic E-state index is 12.4. The van der Waals surface area contributed by atoms with E-state index in [0.717, 1.165) is 32.5 Å². The molecule has 0 saturated carbocycles. The number of halogens is 1. The SMILES string of the molecule is C=CCCCN1CCNC(CC(=O)N2CCOCC2)C1=O.Cl. The number of rotatable bonds is 6. The fourth-order valence-electron chi connectivity index (χ4n) is 2.72. The van der Waals surface area contributed by atoms with Crippen molar-refractivity contribution >= 4 is 24.2 Å². The molecule has 126 valence electrons. The lowest BCUT2D eigenvalue weighted by molar-refractivity contribution is -0.142. The predicted molar refractivity (Wildman–Crippen MR) is 87.1 cm³/mol. The molecule has 1 N–H and O–H groups in total. The summed E-state index contributed by atoms with van der Waals surface area (Å²) in [6.07, 6.45) is 3.96. The summed E-state index contributed by atoms with van der Waals surface area (Å²) in [4.78, 5) is 28.3. The molecule has 0 aromatic heterocycles. The van der Waals surface area contributed by atoms with E-state index in [9.17, 15) is 9.59 Å². The van der Waals surface area contributed by atoms with Gasteiger partial charge in [0.25, 0.3) is 0 Å². The van der Waals surface area contributed by atoms with Gasteiger partial charge in [0, 0.05) is 32.7 Å². The van der Waals surface area contributed by atoms with Crippen molar-refractivity contribution in [2.45, 2.75) is 25.3 Å². The molecule has 2 aliphatic heterocycles. The number of morpholine rings is 1. The largest absolute Gasteiger partial charge is 0.378 e. The highest BCUT2D eigenvalue weighted by Crippen LogP contribution is 2.10. The molecule has 2 saturated heterocycles. The Hall–Kier alpha value is -1.11. The van der Waals surface area contributed by atoms with Crippen LogP contribution in [0.15, 0.2) is 12.7 Å². The second-order valence-electron chi connectivity index (χ2n) is 5.46. The van der Waals surface area contributed by atoms with E-state index in [1.807, 2.05) is 11.0 Å². The van der Waals surface area contributed by atoms with Gasteiger partial charge >= 0.3 is 0 Å². The number of carbonyl (C=O) groups is 2. The molecule has 6 nitrogen and oxygen atoms in total. The van der Waals surface area contributed by atoms with E-state index in [2.05, 4.69) is 11.9 Å². The van der Waals surface area contributed by atoms with Crippen LogP contribution in [-0.2, 0) is 14.3 Å². The van der Waals surface area contributed by atoms with Gasteiger partial charge in [-0.25, -0.2) is 0 Å². The topological polar surface area (TPSA) is 61.9 Å². The van der Waals surface area contributed by atoms with E-state index >= 15 is 0 Å². The first-order valence-electron chi connectivity index (χ1n) is 7.71. The second kappa shape index (κ2) is 9.82. The van der Waals surface area contributed by atoms with Gasteiger partial charge in [0.2, 0.25) is 11.8 Å². The number of allylic oxidation sites excluding steroid dienone is 1. The van der Waals surface area contributed by atoms with E-state index in [4.69, 9.17) is 4.74 Å². The number of nitrogens with zero attached hydrogens (tertiary/aromatic N) is 2. The zero-order valence-corrected chi connectivity index (χ0v) is 13.8. The third kappa shape index (κ3) is 5.26. The van der Waals surface area contributed by atoms with Crippen LogP contribution in [0.1, 0.15) is 19.3 Å². The summed E-state index contributed by atoms with van der Waals surface area (Å²) in [5, 5.41) is 3.17. The van der Waals surface area contributed by atoms with Crippen LogP contribution >= 0.6 is 12.4 Å². The molecule has 1 unspecified atom stereocenters. The number of nitrogens with one attached hydrogen (secondary N) is 1. The minimum atomic E-state index is -0.377. The number of unbranched alkanes of at least 4 members (excludes halogenated alkanes) is 1. The lowest BCUT2D eigenvalue weighted by Crippen LogP contribution is -2.57. The van der Waals surface area contributed by atoms with Crippen molar-refractivity contribution in [3.63, 3.8) is 0 Å². The average Bonchev–Trinajstić information content (AvgIpc) is 2.52. The third-order valence-electron chi connectivity index (χ3n) is 3.96. The Morgan fingerprint density at radius 1 is 1.36 bits per heavy atom. The molecule has 0 bridgehead atoms. The molecule has 2 rings (SSSR count). The van der Waals surface area contributed by atoms with Gasteiger partial charge in [0.1, 0.15) is 0 Å². The van der Waals surface area contributed by atoms with E-state index in [0.29, 0.717) is 26.3 Å². The van der Waals surface area contributed by atoms with E-state index in [1.54, 1.807) is 4.90 Å². The van der Waals surface area contributed by atoms with E-state index in [-0.39, 0.29) is 36.7 Å². The number of ether oxygens (including phenoxy) is 1. The zero-order chi connectivity index (χ0) is 15.1. The van der Waals surface area contributed by atoms with Gasteiger partial charge in [-0.3, -0.25) is 9.59 Å². The monoisotopic (exact) mass is 331 g/mol. The molecule has 2 amide bonds. The Balaban J connectivity index is 0.00000242. The van der Waals surface area contributed by atoms with Gasteiger partial charge in [0.15, 0.2) is 0 Å². The number of carbonyl (C=O) groups excluding carboxylic acids is 2. The summed E-state index contributed by atoms with van der Waals surface area (Å²) < 4.78 is 5.24. The molecule has 2 aliphatic rings. The second-order valence-corrected chi connectivity index (χ2v) is 5.46. The third-order valence-corrected chi connectivity index (χ3v) is 3.96. The minimum Gasteiger partial charge on any atom is -0.378 e. The summed E-state index contributed by atoms with van der Waals surface area (Å²) >= 11 is 0. The normalized spacial score (nSPS) is 22.2. The van der Waals surface area contributed by atoms with Gasteiger partial charge in [-0.15, -0.1) is 19.0 Å². The van der Waals surface area contributed by atoms with Crippen molar-refractivity contribution in [1.82, 2.24) is 15.1 Å². The van der Waals surface area contributed by atoms with Gasteiger partial charge in [0.05, 0.1) is 25.7 Å².